The summed E-state index contributed by atoms with van der Waals surface area (Å²) in [4.78, 5) is 0. The summed E-state index contributed by atoms with van der Waals surface area (Å²) in [5.74, 6) is 1.57. The lowest BCUT2D eigenvalue weighted by Crippen LogP contribution is -2.48. The Labute approximate surface area is 95.1 Å². The van der Waals surface area contributed by atoms with Crippen molar-refractivity contribution in [1.29, 1.82) is 0 Å². The molecule has 3 aliphatic carbocycles. The fourth-order valence-electron chi connectivity index (χ4n) is 2.93. The highest BCUT2D eigenvalue weighted by atomic mass is 15.4. The van der Waals surface area contributed by atoms with Crippen LogP contribution in [0.1, 0.15) is 26.7 Å². The fourth-order valence-corrected chi connectivity index (χ4v) is 2.93. The molecule has 2 bridgehead atoms. The maximum atomic E-state index is 4.33. The van der Waals surface area contributed by atoms with Gasteiger partial charge in [0.05, 0.1) is 6.21 Å². The van der Waals surface area contributed by atoms with Crippen LogP contribution in [0.15, 0.2) is 29.4 Å². The quantitative estimate of drug-likeness (QED) is 0.710. The van der Waals surface area contributed by atoms with E-state index < -0.39 is 0 Å². The first-order valence-electron chi connectivity index (χ1n) is 5.77. The highest BCUT2D eigenvalue weighted by molar-refractivity contribution is 5.80. The highest BCUT2D eigenvalue weighted by Gasteiger charge is 2.50. The zero-order valence-electron chi connectivity index (χ0n) is 9.67. The lowest BCUT2D eigenvalue weighted by atomic mass is 9.49. The Morgan fingerprint density at radius 1 is 1.44 bits per heavy atom. The summed E-state index contributed by atoms with van der Waals surface area (Å²) < 4.78 is 1.64. The van der Waals surface area contributed by atoms with Gasteiger partial charge in [-0.15, -0.1) is 10.2 Å². The van der Waals surface area contributed by atoms with Gasteiger partial charge in [0.2, 0.25) is 0 Å². The number of nitrogens with zero attached hydrogens (tertiary/aromatic N) is 4. The minimum Gasteiger partial charge on any atom is -0.208 e. The minimum absolute atomic E-state index is 0.462. The standard InChI is InChI=1S/C12H16N4/c1-12(2)10-4-3-9(11(12)5-10)6-15-16-7-13-14-8-16/h3,6-8,10-11H,4-5H2,1-2H3/b15-6-/t10-,11-/m0/s1. The molecule has 3 aliphatic rings. The molecule has 4 rings (SSSR count). The van der Waals surface area contributed by atoms with Gasteiger partial charge in [0, 0.05) is 0 Å². The lowest BCUT2D eigenvalue weighted by Gasteiger charge is -2.55. The SMILES string of the molecule is CC1(C)[C@H]2CC=C(/C=N\n3cnnc3)[C@@H]1C2. The minimum atomic E-state index is 0.462. The average molecular weight is 216 g/mol. The summed E-state index contributed by atoms with van der Waals surface area (Å²) in [6.45, 7) is 4.73. The Hall–Kier alpha value is -1.45. The van der Waals surface area contributed by atoms with Crippen LogP contribution in [0.5, 0.6) is 0 Å². The van der Waals surface area contributed by atoms with Crippen LogP contribution in [-0.4, -0.2) is 21.1 Å². The first-order valence-corrected chi connectivity index (χ1v) is 5.77. The molecule has 0 unspecified atom stereocenters. The van der Waals surface area contributed by atoms with Crippen LogP contribution in [-0.2, 0) is 0 Å². The van der Waals surface area contributed by atoms with Crippen LogP contribution < -0.4 is 0 Å². The molecule has 0 saturated heterocycles. The van der Waals surface area contributed by atoms with Gasteiger partial charge >= 0.3 is 0 Å². The molecule has 2 atom stereocenters. The molecule has 0 radical (unpaired) electrons. The van der Waals surface area contributed by atoms with E-state index in [4.69, 9.17) is 0 Å². The number of rotatable bonds is 2. The summed E-state index contributed by atoms with van der Waals surface area (Å²) in [6, 6.07) is 0. The van der Waals surface area contributed by atoms with Gasteiger partial charge in [-0.1, -0.05) is 19.9 Å². The number of fused-ring (bicyclic) bond motifs is 1. The van der Waals surface area contributed by atoms with Crippen molar-refractivity contribution in [2.75, 3.05) is 0 Å². The zero-order chi connectivity index (χ0) is 11.2. The third-order valence-electron chi connectivity index (χ3n) is 4.26. The Kier molecular flexibility index (Phi) is 1.99. The van der Waals surface area contributed by atoms with Gasteiger partial charge in [0.1, 0.15) is 12.7 Å². The smallest absolute Gasteiger partial charge is 0.141 e. The van der Waals surface area contributed by atoms with Crippen LogP contribution in [0.2, 0.25) is 0 Å². The molecular formula is C12H16N4. The summed E-state index contributed by atoms with van der Waals surface area (Å²) in [5.41, 5.74) is 1.84. The maximum Gasteiger partial charge on any atom is 0.141 e. The van der Waals surface area contributed by atoms with Crippen molar-refractivity contribution in [1.82, 2.24) is 14.9 Å². The van der Waals surface area contributed by atoms with Gasteiger partial charge in [-0.25, -0.2) is 4.68 Å². The lowest BCUT2D eigenvalue weighted by molar-refractivity contribution is -0.00126. The van der Waals surface area contributed by atoms with Gasteiger partial charge in [-0.3, -0.25) is 0 Å². The van der Waals surface area contributed by atoms with Gasteiger partial charge in [-0.05, 0) is 35.7 Å². The molecule has 1 saturated carbocycles. The Balaban J connectivity index is 1.79. The Bertz CT molecular complexity index is 442. The summed E-state index contributed by atoms with van der Waals surface area (Å²) >= 11 is 0. The highest BCUT2D eigenvalue weighted by Crippen LogP contribution is 2.58. The van der Waals surface area contributed by atoms with E-state index >= 15 is 0 Å². The molecule has 0 N–H and O–H groups in total. The first kappa shape index (κ1) is 9.75. The third-order valence-corrected chi connectivity index (χ3v) is 4.26. The van der Waals surface area contributed by atoms with E-state index in [1.165, 1.54) is 18.4 Å². The molecule has 1 fully saturated rings. The second kappa shape index (κ2) is 3.27. The van der Waals surface area contributed by atoms with Crippen LogP contribution in [0.4, 0.5) is 0 Å². The van der Waals surface area contributed by atoms with Crippen molar-refractivity contribution in [3.05, 3.63) is 24.3 Å². The summed E-state index contributed by atoms with van der Waals surface area (Å²) in [5, 5.41) is 11.8. The molecule has 84 valence electrons. The number of hydrogen-bond donors (Lipinski definition) is 0. The van der Waals surface area contributed by atoms with E-state index in [0.29, 0.717) is 11.3 Å². The van der Waals surface area contributed by atoms with Crippen molar-refractivity contribution < 1.29 is 0 Å². The van der Waals surface area contributed by atoms with E-state index in [0.717, 1.165) is 5.92 Å². The maximum absolute atomic E-state index is 4.33. The van der Waals surface area contributed by atoms with Crippen LogP contribution >= 0.6 is 0 Å². The molecule has 1 heterocycles. The van der Waals surface area contributed by atoms with Crippen molar-refractivity contribution in [3.8, 4) is 0 Å². The second-order valence-corrected chi connectivity index (χ2v) is 5.33. The topological polar surface area (TPSA) is 43.1 Å². The largest absolute Gasteiger partial charge is 0.208 e. The Morgan fingerprint density at radius 2 is 2.19 bits per heavy atom. The first-order chi connectivity index (χ1) is 7.68. The van der Waals surface area contributed by atoms with Gasteiger partial charge in [-0.2, -0.15) is 5.10 Å². The van der Waals surface area contributed by atoms with E-state index in [-0.39, 0.29) is 0 Å². The van der Waals surface area contributed by atoms with Crippen molar-refractivity contribution >= 4 is 6.21 Å². The van der Waals surface area contributed by atoms with E-state index in [2.05, 4.69) is 35.2 Å². The molecule has 0 spiro atoms. The molecule has 16 heavy (non-hydrogen) atoms. The van der Waals surface area contributed by atoms with Crippen molar-refractivity contribution in [2.45, 2.75) is 26.7 Å². The molecule has 0 aliphatic heterocycles. The molecule has 0 aromatic carbocycles. The molecule has 0 amide bonds. The molecule has 4 nitrogen and oxygen atoms in total. The third kappa shape index (κ3) is 1.32. The molecule has 4 heteroatoms. The molecular weight excluding hydrogens is 200 g/mol. The zero-order valence-corrected chi connectivity index (χ0v) is 9.67. The van der Waals surface area contributed by atoms with Crippen LogP contribution in [0.3, 0.4) is 0 Å². The van der Waals surface area contributed by atoms with Gasteiger partial charge < -0.3 is 0 Å². The van der Waals surface area contributed by atoms with Crippen molar-refractivity contribution in [3.63, 3.8) is 0 Å². The number of aromatic nitrogens is 3. The predicted octanol–water partition coefficient (Wildman–Crippen LogP) is 2.10. The fraction of sp³-hybridized carbons (Fsp3) is 0.583. The number of hydrogen-bond acceptors (Lipinski definition) is 3. The van der Waals surface area contributed by atoms with Crippen LogP contribution in [0, 0.1) is 17.3 Å². The van der Waals surface area contributed by atoms with Gasteiger partial charge in [0.15, 0.2) is 0 Å². The van der Waals surface area contributed by atoms with E-state index in [9.17, 15) is 0 Å². The Morgan fingerprint density at radius 3 is 2.81 bits per heavy atom. The predicted molar refractivity (Wildman–Crippen MR) is 62.0 cm³/mol. The second-order valence-electron chi connectivity index (χ2n) is 5.33. The summed E-state index contributed by atoms with van der Waals surface area (Å²) in [6.07, 6.45) is 10.0. The van der Waals surface area contributed by atoms with Crippen molar-refractivity contribution in [2.24, 2.45) is 22.4 Å². The summed E-state index contributed by atoms with van der Waals surface area (Å²) in [7, 11) is 0. The average Bonchev–Trinajstić information content (AvgIpc) is 2.79. The molecule has 1 aromatic rings. The molecule has 1 aromatic heterocycles. The van der Waals surface area contributed by atoms with E-state index in [1.807, 2.05) is 6.21 Å². The number of allylic oxidation sites excluding steroid dienone is 2. The van der Waals surface area contributed by atoms with E-state index in [1.54, 1.807) is 17.3 Å². The van der Waals surface area contributed by atoms with Crippen LogP contribution in [0.25, 0.3) is 0 Å². The normalized spacial score (nSPS) is 31.2. The van der Waals surface area contributed by atoms with Gasteiger partial charge in [0.25, 0.3) is 0 Å². The monoisotopic (exact) mass is 216 g/mol.